The molecule has 17 heavy (non-hydrogen) atoms. The van der Waals surface area contributed by atoms with E-state index in [-0.39, 0.29) is 0 Å². The molecular weight excluding hydrogens is 300 g/mol. The van der Waals surface area contributed by atoms with Crippen LogP contribution in [0.5, 0.6) is 0 Å². The van der Waals surface area contributed by atoms with Crippen LogP contribution in [0.15, 0.2) is 22.7 Å². The Kier molecular flexibility index (Phi) is 4.34. The molecule has 1 aromatic rings. The molecule has 2 rings (SSSR count). The molecule has 0 aliphatic carbocycles. The first-order valence-corrected chi connectivity index (χ1v) is 7.24. The van der Waals surface area contributed by atoms with Crippen LogP contribution < -0.4 is 4.90 Å². The van der Waals surface area contributed by atoms with Gasteiger partial charge in [-0.2, -0.15) is 0 Å². The molecule has 0 spiro atoms. The lowest BCUT2D eigenvalue weighted by Gasteiger charge is -2.40. The van der Waals surface area contributed by atoms with Gasteiger partial charge in [-0.3, -0.25) is 0 Å². The lowest BCUT2D eigenvalue weighted by molar-refractivity contribution is 0.275. The summed E-state index contributed by atoms with van der Waals surface area (Å²) in [4.78, 5) is 4.84. The van der Waals surface area contributed by atoms with E-state index in [0.717, 1.165) is 24.1 Å². The monoisotopic (exact) mass is 316 g/mol. The van der Waals surface area contributed by atoms with Gasteiger partial charge in [0.15, 0.2) is 0 Å². The highest BCUT2D eigenvalue weighted by Gasteiger charge is 2.23. The molecule has 1 saturated heterocycles. The maximum absolute atomic E-state index is 6.04. The molecule has 1 aliphatic rings. The standard InChI is InChI=1S/C13H18BrClN2/c1-10-9-16(2)5-6-17(10)13-4-3-12(14)7-11(13)8-15/h3-4,7,10H,5-6,8-9H2,1-2H3. The smallest absolute Gasteiger partial charge is 0.0494 e. The Morgan fingerprint density at radius 1 is 1.41 bits per heavy atom. The number of likely N-dealkylation sites (N-methyl/N-ethyl adjacent to an activating group) is 1. The molecule has 4 heteroatoms. The Balaban J connectivity index is 2.27. The fraction of sp³-hybridized carbons (Fsp3) is 0.538. The van der Waals surface area contributed by atoms with Gasteiger partial charge in [-0.1, -0.05) is 15.9 Å². The predicted molar refractivity (Wildman–Crippen MR) is 78.0 cm³/mol. The van der Waals surface area contributed by atoms with E-state index in [1.807, 2.05) is 0 Å². The summed E-state index contributed by atoms with van der Waals surface area (Å²) in [7, 11) is 2.18. The van der Waals surface area contributed by atoms with Crippen LogP contribution in [0.25, 0.3) is 0 Å². The number of nitrogens with zero attached hydrogens (tertiary/aromatic N) is 2. The van der Waals surface area contributed by atoms with Crippen molar-refractivity contribution in [2.24, 2.45) is 0 Å². The van der Waals surface area contributed by atoms with Gasteiger partial charge in [0.25, 0.3) is 0 Å². The Bertz CT molecular complexity index is 397. The maximum atomic E-state index is 6.04. The summed E-state index contributed by atoms with van der Waals surface area (Å²) < 4.78 is 1.10. The molecule has 0 saturated carbocycles. The van der Waals surface area contributed by atoms with Crippen LogP contribution in [0.4, 0.5) is 5.69 Å². The summed E-state index contributed by atoms with van der Waals surface area (Å²) in [5.41, 5.74) is 2.49. The fourth-order valence-electron chi connectivity index (χ4n) is 2.44. The van der Waals surface area contributed by atoms with Crippen molar-refractivity contribution in [3.8, 4) is 0 Å². The fourth-order valence-corrected chi connectivity index (χ4v) is 3.06. The van der Waals surface area contributed by atoms with Crippen molar-refractivity contribution in [1.82, 2.24) is 4.90 Å². The number of hydrogen-bond donors (Lipinski definition) is 0. The van der Waals surface area contributed by atoms with Crippen molar-refractivity contribution in [1.29, 1.82) is 0 Å². The zero-order chi connectivity index (χ0) is 12.4. The van der Waals surface area contributed by atoms with Gasteiger partial charge in [0.1, 0.15) is 0 Å². The first-order chi connectivity index (χ1) is 8.11. The molecule has 0 amide bonds. The molecule has 0 aromatic heterocycles. The minimum absolute atomic E-state index is 0.539. The minimum Gasteiger partial charge on any atom is -0.366 e. The molecule has 2 nitrogen and oxygen atoms in total. The van der Waals surface area contributed by atoms with Crippen LogP contribution in [0.1, 0.15) is 12.5 Å². The van der Waals surface area contributed by atoms with Crippen molar-refractivity contribution in [3.63, 3.8) is 0 Å². The third-order valence-corrected chi connectivity index (χ3v) is 4.11. The van der Waals surface area contributed by atoms with Gasteiger partial charge >= 0.3 is 0 Å². The molecule has 94 valence electrons. The van der Waals surface area contributed by atoms with Crippen LogP contribution in [0.3, 0.4) is 0 Å². The summed E-state index contributed by atoms with van der Waals surface area (Å²) in [6, 6.07) is 6.92. The average Bonchev–Trinajstić information content (AvgIpc) is 2.30. The summed E-state index contributed by atoms with van der Waals surface area (Å²) >= 11 is 9.54. The maximum Gasteiger partial charge on any atom is 0.0494 e. The van der Waals surface area contributed by atoms with Crippen LogP contribution in [-0.2, 0) is 5.88 Å². The SMILES string of the molecule is CC1CN(C)CCN1c1ccc(Br)cc1CCl. The molecule has 1 unspecified atom stereocenters. The van der Waals surface area contributed by atoms with Crippen molar-refractivity contribution < 1.29 is 0 Å². The zero-order valence-electron chi connectivity index (χ0n) is 10.3. The van der Waals surface area contributed by atoms with E-state index in [4.69, 9.17) is 11.6 Å². The molecule has 1 fully saturated rings. The van der Waals surface area contributed by atoms with Gasteiger partial charge in [-0.05, 0) is 37.7 Å². The van der Waals surface area contributed by atoms with Crippen LogP contribution in [0, 0.1) is 0 Å². The largest absolute Gasteiger partial charge is 0.366 e. The van der Waals surface area contributed by atoms with Crippen molar-refractivity contribution in [2.45, 2.75) is 18.8 Å². The van der Waals surface area contributed by atoms with Crippen LogP contribution in [-0.4, -0.2) is 37.6 Å². The Labute approximate surface area is 117 Å². The highest BCUT2D eigenvalue weighted by Crippen LogP contribution is 2.28. The van der Waals surface area contributed by atoms with Gasteiger partial charge in [-0.15, -0.1) is 11.6 Å². The Morgan fingerprint density at radius 2 is 2.18 bits per heavy atom. The molecule has 1 heterocycles. The number of benzene rings is 1. The molecule has 1 aliphatic heterocycles. The van der Waals surface area contributed by atoms with E-state index < -0.39 is 0 Å². The third-order valence-electron chi connectivity index (χ3n) is 3.33. The second-order valence-corrected chi connectivity index (χ2v) is 5.89. The van der Waals surface area contributed by atoms with E-state index in [1.54, 1.807) is 0 Å². The van der Waals surface area contributed by atoms with Crippen LogP contribution in [0.2, 0.25) is 0 Å². The number of alkyl halides is 1. The van der Waals surface area contributed by atoms with E-state index in [1.165, 1.54) is 11.3 Å². The van der Waals surface area contributed by atoms with E-state index in [9.17, 15) is 0 Å². The second-order valence-electron chi connectivity index (χ2n) is 4.71. The average molecular weight is 318 g/mol. The molecule has 1 aromatic carbocycles. The van der Waals surface area contributed by atoms with Gasteiger partial charge in [0, 0.05) is 41.7 Å². The van der Waals surface area contributed by atoms with Crippen molar-refractivity contribution in [2.75, 3.05) is 31.6 Å². The third kappa shape index (κ3) is 2.95. The molecule has 1 atom stereocenters. The number of rotatable bonds is 2. The summed E-state index contributed by atoms with van der Waals surface area (Å²) in [5, 5.41) is 0. The Morgan fingerprint density at radius 3 is 2.82 bits per heavy atom. The minimum atomic E-state index is 0.539. The normalized spacial score (nSPS) is 21.9. The second kappa shape index (κ2) is 5.59. The van der Waals surface area contributed by atoms with E-state index in [2.05, 4.69) is 57.9 Å². The molecule has 0 bridgehead atoms. The van der Waals surface area contributed by atoms with Gasteiger partial charge in [-0.25, -0.2) is 0 Å². The first kappa shape index (κ1) is 13.2. The lowest BCUT2D eigenvalue weighted by Crippen LogP contribution is -2.50. The summed E-state index contributed by atoms with van der Waals surface area (Å²) in [6.45, 7) is 5.57. The van der Waals surface area contributed by atoms with E-state index in [0.29, 0.717) is 11.9 Å². The number of anilines is 1. The molecule has 0 radical (unpaired) electrons. The van der Waals surface area contributed by atoms with Gasteiger partial charge in [0.2, 0.25) is 0 Å². The summed E-state index contributed by atoms with van der Waals surface area (Å²) in [6.07, 6.45) is 0. The number of hydrogen-bond acceptors (Lipinski definition) is 2. The highest BCUT2D eigenvalue weighted by atomic mass is 79.9. The quantitative estimate of drug-likeness (QED) is 0.772. The number of piperazine rings is 1. The molecule has 0 N–H and O–H groups in total. The highest BCUT2D eigenvalue weighted by molar-refractivity contribution is 9.10. The number of halogens is 2. The van der Waals surface area contributed by atoms with E-state index >= 15 is 0 Å². The first-order valence-electron chi connectivity index (χ1n) is 5.91. The Hall–Kier alpha value is -0.250. The lowest BCUT2D eigenvalue weighted by atomic mass is 10.1. The topological polar surface area (TPSA) is 6.48 Å². The zero-order valence-corrected chi connectivity index (χ0v) is 12.6. The van der Waals surface area contributed by atoms with Crippen molar-refractivity contribution in [3.05, 3.63) is 28.2 Å². The predicted octanol–water partition coefficient (Wildman–Crippen LogP) is 3.33. The van der Waals surface area contributed by atoms with Crippen molar-refractivity contribution >= 4 is 33.2 Å². The van der Waals surface area contributed by atoms with Gasteiger partial charge in [0.05, 0.1) is 0 Å². The van der Waals surface area contributed by atoms with Gasteiger partial charge < -0.3 is 9.80 Å². The van der Waals surface area contributed by atoms with Crippen LogP contribution >= 0.6 is 27.5 Å². The summed E-state index contributed by atoms with van der Waals surface area (Å²) in [5.74, 6) is 0.563. The molecular formula is C13H18BrClN2.